The Morgan fingerprint density at radius 1 is 1.32 bits per heavy atom. The molecule has 4 N–H and O–H groups in total. The second-order valence-corrected chi connectivity index (χ2v) is 4.43. The molecular formula is C13H17N7O2. The Bertz CT molecular complexity index is 668. The van der Waals surface area contributed by atoms with Gasteiger partial charge in [-0.15, -0.1) is 5.10 Å². The summed E-state index contributed by atoms with van der Waals surface area (Å²) in [4.78, 5) is 22.7. The second kappa shape index (κ2) is 7.27. The minimum absolute atomic E-state index is 0.132. The van der Waals surface area contributed by atoms with Crippen LogP contribution in [0.5, 0.6) is 0 Å². The Morgan fingerprint density at radius 2 is 2.14 bits per heavy atom. The van der Waals surface area contributed by atoms with Gasteiger partial charge in [0, 0.05) is 17.8 Å². The van der Waals surface area contributed by atoms with Crippen LogP contribution in [-0.4, -0.2) is 45.1 Å². The Labute approximate surface area is 126 Å². The summed E-state index contributed by atoms with van der Waals surface area (Å²) in [5.41, 5.74) is 6.53. The van der Waals surface area contributed by atoms with Crippen molar-refractivity contribution in [3.05, 3.63) is 24.3 Å². The van der Waals surface area contributed by atoms with Gasteiger partial charge < -0.3 is 16.4 Å². The van der Waals surface area contributed by atoms with Gasteiger partial charge in [-0.3, -0.25) is 9.59 Å². The molecule has 1 aromatic heterocycles. The maximum Gasteiger partial charge on any atom is 0.243 e. The molecule has 0 spiro atoms. The average molecular weight is 303 g/mol. The number of hydrogen-bond acceptors (Lipinski definition) is 6. The fourth-order valence-corrected chi connectivity index (χ4v) is 1.82. The maximum atomic E-state index is 11.7. The van der Waals surface area contributed by atoms with Crippen molar-refractivity contribution >= 4 is 17.5 Å². The van der Waals surface area contributed by atoms with E-state index in [1.54, 1.807) is 22.9 Å². The number of carbonyl (C=O) groups is 2. The van der Waals surface area contributed by atoms with Crippen molar-refractivity contribution in [3.8, 4) is 11.4 Å². The van der Waals surface area contributed by atoms with Gasteiger partial charge in [0.2, 0.25) is 11.8 Å². The Morgan fingerprint density at radius 3 is 2.86 bits per heavy atom. The van der Waals surface area contributed by atoms with Crippen LogP contribution in [0.3, 0.4) is 0 Å². The van der Waals surface area contributed by atoms with Crippen molar-refractivity contribution in [1.29, 1.82) is 0 Å². The zero-order chi connectivity index (χ0) is 15.9. The molecule has 0 fully saturated rings. The lowest BCUT2D eigenvalue weighted by Gasteiger charge is -2.08. The molecule has 9 heteroatoms. The van der Waals surface area contributed by atoms with Gasteiger partial charge in [0.1, 0.15) is 0 Å². The van der Waals surface area contributed by atoms with Crippen molar-refractivity contribution in [1.82, 2.24) is 25.5 Å². The summed E-state index contributed by atoms with van der Waals surface area (Å²) in [5.74, 6) is -0.102. The molecule has 2 amide bonds. The zero-order valence-electron chi connectivity index (χ0n) is 12.1. The first-order valence-electron chi connectivity index (χ1n) is 6.77. The van der Waals surface area contributed by atoms with Crippen LogP contribution in [0.25, 0.3) is 11.4 Å². The van der Waals surface area contributed by atoms with Crippen LogP contribution in [0.2, 0.25) is 0 Å². The third-order valence-corrected chi connectivity index (χ3v) is 2.87. The summed E-state index contributed by atoms with van der Waals surface area (Å²) >= 11 is 0. The van der Waals surface area contributed by atoms with E-state index in [1.165, 1.54) is 0 Å². The molecule has 0 aliphatic rings. The minimum atomic E-state index is -0.383. The molecule has 2 aromatic rings. The molecule has 22 heavy (non-hydrogen) atoms. The van der Waals surface area contributed by atoms with Crippen LogP contribution in [0.4, 0.5) is 5.69 Å². The number of nitrogens with zero attached hydrogens (tertiary/aromatic N) is 4. The van der Waals surface area contributed by atoms with E-state index in [9.17, 15) is 9.59 Å². The summed E-state index contributed by atoms with van der Waals surface area (Å²) in [6.45, 7) is 2.30. The van der Waals surface area contributed by atoms with E-state index in [4.69, 9.17) is 5.73 Å². The highest BCUT2D eigenvalue weighted by molar-refractivity contribution is 5.95. The van der Waals surface area contributed by atoms with E-state index >= 15 is 0 Å². The quantitative estimate of drug-likeness (QED) is 0.652. The van der Waals surface area contributed by atoms with Gasteiger partial charge in [-0.1, -0.05) is 12.1 Å². The van der Waals surface area contributed by atoms with E-state index < -0.39 is 0 Å². The standard InChI is InChI=1S/C13H17N7O2/c1-2-20-13(17-18-19-20)9-4-3-5-10(6-9)16-12(22)8-15-11(21)7-14/h3-6H,2,7-8,14H2,1H3,(H,15,21)(H,16,22). The molecule has 2 rings (SSSR count). The van der Waals surface area contributed by atoms with Gasteiger partial charge in [0.15, 0.2) is 5.82 Å². The predicted molar refractivity (Wildman–Crippen MR) is 79.6 cm³/mol. The molecule has 1 aromatic carbocycles. The number of benzene rings is 1. The van der Waals surface area contributed by atoms with Gasteiger partial charge in [-0.25, -0.2) is 4.68 Å². The summed E-state index contributed by atoms with van der Waals surface area (Å²) in [6, 6.07) is 7.15. The lowest BCUT2D eigenvalue weighted by Crippen LogP contribution is -2.36. The summed E-state index contributed by atoms with van der Waals surface area (Å²) in [5, 5.41) is 16.6. The third kappa shape index (κ3) is 3.85. The normalized spacial score (nSPS) is 10.3. The van der Waals surface area contributed by atoms with Crippen molar-refractivity contribution in [2.45, 2.75) is 13.5 Å². The number of nitrogens with two attached hydrogens (primary N) is 1. The topological polar surface area (TPSA) is 128 Å². The van der Waals surface area contributed by atoms with Crippen LogP contribution in [0, 0.1) is 0 Å². The molecule has 0 atom stereocenters. The van der Waals surface area contributed by atoms with Gasteiger partial charge in [0.25, 0.3) is 0 Å². The van der Waals surface area contributed by atoms with Crippen molar-refractivity contribution in [2.75, 3.05) is 18.4 Å². The number of aryl methyl sites for hydroxylation is 1. The van der Waals surface area contributed by atoms with Gasteiger partial charge >= 0.3 is 0 Å². The molecule has 0 unspecified atom stereocenters. The second-order valence-electron chi connectivity index (χ2n) is 4.43. The Hall–Kier alpha value is -2.81. The number of carbonyl (C=O) groups excluding carboxylic acids is 2. The molecule has 0 saturated carbocycles. The van der Waals surface area contributed by atoms with E-state index in [2.05, 4.69) is 26.2 Å². The van der Waals surface area contributed by atoms with E-state index in [0.29, 0.717) is 18.1 Å². The van der Waals surface area contributed by atoms with Gasteiger partial charge in [0.05, 0.1) is 13.1 Å². The molecule has 0 aliphatic heterocycles. The van der Waals surface area contributed by atoms with Crippen LogP contribution >= 0.6 is 0 Å². The molecule has 0 saturated heterocycles. The van der Waals surface area contributed by atoms with Gasteiger partial charge in [-0.05, 0) is 29.5 Å². The van der Waals surface area contributed by atoms with Gasteiger partial charge in [-0.2, -0.15) is 0 Å². The van der Waals surface area contributed by atoms with Crippen LogP contribution in [0.1, 0.15) is 6.92 Å². The maximum absolute atomic E-state index is 11.7. The lowest BCUT2D eigenvalue weighted by atomic mass is 10.2. The lowest BCUT2D eigenvalue weighted by molar-refractivity contribution is -0.123. The average Bonchev–Trinajstić information content (AvgIpc) is 3.01. The number of amides is 2. The first-order valence-corrected chi connectivity index (χ1v) is 6.77. The smallest absolute Gasteiger partial charge is 0.243 e. The molecule has 0 aliphatic carbocycles. The van der Waals surface area contributed by atoms with E-state index in [0.717, 1.165) is 5.56 Å². The number of nitrogens with one attached hydrogen (secondary N) is 2. The molecule has 116 valence electrons. The summed E-state index contributed by atoms with van der Waals surface area (Å²) < 4.78 is 1.66. The fourth-order valence-electron chi connectivity index (χ4n) is 1.82. The highest BCUT2D eigenvalue weighted by Crippen LogP contribution is 2.19. The highest BCUT2D eigenvalue weighted by Gasteiger charge is 2.09. The Balaban J connectivity index is 2.06. The predicted octanol–water partition coefficient (Wildman–Crippen LogP) is -0.627. The third-order valence-electron chi connectivity index (χ3n) is 2.87. The zero-order valence-corrected chi connectivity index (χ0v) is 12.1. The first kappa shape index (κ1) is 15.6. The van der Waals surface area contributed by atoms with Crippen LogP contribution in [-0.2, 0) is 16.1 Å². The highest BCUT2D eigenvalue weighted by atomic mass is 16.2. The van der Waals surface area contributed by atoms with E-state index in [1.807, 2.05) is 13.0 Å². The number of aromatic nitrogens is 4. The SMILES string of the molecule is CCn1nnnc1-c1cccc(NC(=O)CNC(=O)CN)c1. The van der Waals surface area contributed by atoms with Crippen LogP contribution < -0.4 is 16.4 Å². The molecule has 1 heterocycles. The van der Waals surface area contributed by atoms with E-state index in [-0.39, 0.29) is 24.9 Å². The minimum Gasteiger partial charge on any atom is -0.346 e. The number of hydrogen-bond donors (Lipinski definition) is 3. The molecule has 0 bridgehead atoms. The molecule has 9 nitrogen and oxygen atoms in total. The monoisotopic (exact) mass is 303 g/mol. The largest absolute Gasteiger partial charge is 0.346 e. The number of anilines is 1. The number of tetrazole rings is 1. The molecular weight excluding hydrogens is 286 g/mol. The van der Waals surface area contributed by atoms with Crippen molar-refractivity contribution < 1.29 is 9.59 Å². The summed E-state index contributed by atoms with van der Waals surface area (Å²) in [6.07, 6.45) is 0. The fraction of sp³-hybridized carbons (Fsp3) is 0.308. The summed E-state index contributed by atoms with van der Waals surface area (Å²) in [7, 11) is 0. The van der Waals surface area contributed by atoms with Crippen molar-refractivity contribution in [3.63, 3.8) is 0 Å². The van der Waals surface area contributed by atoms with Crippen LogP contribution in [0.15, 0.2) is 24.3 Å². The Kier molecular flexibility index (Phi) is 5.15. The number of rotatable bonds is 6. The van der Waals surface area contributed by atoms with Crippen molar-refractivity contribution in [2.24, 2.45) is 5.73 Å². The first-order chi connectivity index (χ1) is 10.6. The molecule has 0 radical (unpaired) electrons.